The van der Waals surface area contributed by atoms with Crippen molar-refractivity contribution in [2.24, 2.45) is 0 Å². The quantitative estimate of drug-likeness (QED) is 0.0864. The maximum absolute atomic E-state index is 12.3. The molecule has 208 valence electrons. The summed E-state index contributed by atoms with van der Waals surface area (Å²) in [4.78, 5) is 23.3. The number of carbonyl (C=O) groups excluding carboxylic acids is 1. The summed E-state index contributed by atoms with van der Waals surface area (Å²) in [5.41, 5.74) is 0. The highest BCUT2D eigenvalue weighted by Crippen LogP contribution is 2.17. The molecule has 35 heavy (non-hydrogen) atoms. The van der Waals surface area contributed by atoms with E-state index >= 15 is 0 Å². The van der Waals surface area contributed by atoms with Crippen LogP contribution in [0.1, 0.15) is 181 Å². The molecule has 0 bridgehead atoms. The van der Waals surface area contributed by atoms with Gasteiger partial charge in [0.1, 0.15) is 6.10 Å². The lowest BCUT2D eigenvalue weighted by atomic mass is 10.0. The molecule has 0 radical (unpaired) electrons. The van der Waals surface area contributed by atoms with Gasteiger partial charge >= 0.3 is 11.9 Å². The molecule has 0 aromatic carbocycles. The SMILES string of the molecule is CCCCCCCCCCCCCCCC(=O)OC(CCCCCCCCCCC)CCC(=O)O. The fourth-order valence-corrected chi connectivity index (χ4v) is 4.76. The van der Waals surface area contributed by atoms with E-state index in [-0.39, 0.29) is 18.5 Å². The van der Waals surface area contributed by atoms with Crippen molar-refractivity contribution >= 4 is 11.9 Å². The highest BCUT2D eigenvalue weighted by Gasteiger charge is 2.15. The van der Waals surface area contributed by atoms with Gasteiger partial charge < -0.3 is 9.84 Å². The number of carbonyl (C=O) groups is 2. The van der Waals surface area contributed by atoms with E-state index in [1.54, 1.807) is 0 Å². The highest BCUT2D eigenvalue weighted by atomic mass is 16.5. The summed E-state index contributed by atoms with van der Waals surface area (Å²) in [6, 6.07) is 0. The van der Waals surface area contributed by atoms with E-state index in [1.165, 1.54) is 116 Å². The molecule has 1 N–H and O–H groups in total. The Kier molecular flexibility index (Phi) is 26.7. The average Bonchev–Trinajstić information content (AvgIpc) is 2.84. The molecule has 0 aromatic rings. The fraction of sp³-hybridized carbons (Fsp3) is 0.935. The van der Waals surface area contributed by atoms with Crippen LogP contribution in [0, 0.1) is 0 Å². The second-order valence-corrected chi connectivity index (χ2v) is 10.7. The van der Waals surface area contributed by atoms with Crippen LogP contribution in [0.2, 0.25) is 0 Å². The third kappa shape index (κ3) is 27.4. The van der Waals surface area contributed by atoms with Crippen molar-refractivity contribution in [1.29, 1.82) is 0 Å². The van der Waals surface area contributed by atoms with Gasteiger partial charge in [-0.05, 0) is 25.7 Å². The van der Waals surface area contributed by atoms with E-state index < -0.39 is 5.97 Å². The van der Waals surface area contributed by atoms with E-state index in [1.807, 2.05) is 0 Å². The molecule has 4 heteroatoms. The molecule has 0 saturated heterocycles. The lowest BCUT2D eigenvalue weighted by molar-refractivity contribution is -0.151. The number of carboxylic acids is 1. The normalized spacial score (nSPS) is 12.1. The molecule has 1 atom stereocenters. The highest BCUT2D eigenvalue weighted by molar-refractivity contribution is 5.69. The van der Waals surface area contributed by atoms with Gasteiger partial charge in [0.2, 0.25) is 0 Å². The molecule has 0 aliphatic heterocycles. The first-order valence-corrected chi connectivity index (χ1v) is 15.5. The third-order valence-electron chi connectivity index (χ3n) is 7.09. The Balaban J connectivity index is 3.75. The molecule has 1 unspecified atom stereocenters. The molecule has 0 spiro atoms. The molecule has 4 nitrogen and oxygen atoms in total. The minimum atomic E-state index is -0.811. The number of ether oxygens (including phenoxy) is 1. The van der Waals surface area contributed by atoms with Gasteiger partial charge in [-0.1, -0.05) is 142 Å². The number of carboxylic acid groups (broad SMARTS) is 1. The van der Waals surface area contributed by atoms with Gasteiger partial charge in [0, 0.05) is 12.8 Å². The summed E-state index contributed by atoms with van der Waals surface area (Å²) in [5.74, 6) is -0.950. The summed E-state index contributed by atoms with van der Waals surface area (Å²) < 4.78 is 5.68. The van der Waals surface area contributed by atoms with Crippen molar-refractivity contribution < 1.29 is 19.4 Å². The van der Waals surface area contributed by atoms with Crippen LogP contribution in [-0.4, -0.2) is 23.1 Å². The molecule has 0 saturated carbocycles. The summed E-state index contributed by atoms with van der Waals surface area (Å²) >= 11 is 0. The van der Waals surface area contributed by atoms with Crippen molar-refractivity contribution in [3.8, 4) is 0 Å². The lowest BCUT2D eigenvalue weighted by Gasteiger charge is -2.17. The standard InChI is InChI=1S/C31H60O4/c1-3-5-7-9-11-13-14-15-16-18-20-22-24-26-31(34)35-29(27-28-30(32)33)25-23-21-19-17-12-10-8-6-4-2/h29H,3-28H2,1-2H3,(H,32,33). The van der Waals surface area contributed by atoms with Gasteiger partial charge in [-0.3, -0.25) is 9.59 Å². The first kappa shape index (κ1) is 33.9. The topological polar surface area (TPSA) is 63.6 Å². The van der Waals surface area contributed by atoms with E-state index in [9.17, 15) is 9.59 Å². The zero-order valence-electron chi connectivity index (χ0n) is 23.6. The predicted octanol–water partition coefficient (Wildman–Crippen LogP) is 10.2. The Morgan fingerprint density at radius 3 is 1.29 bits per heavy atom. The molecular formula is C31H60O4. The van der Waals surface area contributed by atoms with E-state index in [2.05, 4.69) is 13.8 Å². The third-order valence-corrected chi connectivity index (χ3v) is 7.09. The molecule has 0 heterocycles. The van der Waals surface area contributed by atoms with Crippen molar-refractivity contribution in [1.82, 2.24) is 0 Å². The van der Waals surface area contributed by atoms with Crippen LogP contribution in [0.3, 0.4) is 0 Å². The fourth-order valence-electron chi connectivity index (χ4n) is 4.76. The van der Waals surface area contributed by atoms with Crippen LogP contribution in [0.25, 0.3) is 0 Å². The van der Waals surface area contributed by atoms with Gasteiger partial charge in [-0.15, -0.1) is 0 Å². The number of unbranched alkanes of at least 4 members (excludes halogenated alkanes) is 20. The second-order valence-electron chi connectivity index (χ2n) is 10.7. The van der Waals surface area contributed by atoms with Crippen LogP contribution in [0.4, 0.5) is 0 Å². The zero-order chi connectivity index (χ0) is 25.8. The van der Waals surface area contributed by atoms with Crippen molar-refractivity contribution in [3.05, 3.63) is 0 Å². The van der Waals surface area contributed by atoms with Crippen molar-refractivity contribution in [2.45, 2.75) is 187 Å². The summed E-state index contributed by atoms with van der Waals surface area (Å²) in [7, 11) is 0. The average molecular weight is 497 g/mol. The van der Waals surface area contributed by atoms with Crippen LogP contribution in [0.15, 0.2) is 0 Å². The Hall–Kier alpha value is -1.06. The smallest absolute Gasteiger partial charge is 0.306 e. The number of aliphatic carboxylic acids is 1. The molecule has 0 aliphatic carbocycles. The van der Waals surface area contributed by atoms with Crippen LogP contribution in [0.5, 0.6) is 0 Å². The minimum absolute atomic E-state index is 0.0775. The maximum Gasteiger partial charge on any atom is 0.306 e. The Morgan fingerprint density at radius 2 is 0.886 bits per heavy atom. The molecule has 0 rings (SSSR count). The van der Waals surface area contributed by atoms with E-state index in [4.69, 9.17) is 9.84 Å². The van der Waals surface area contributed by atoms with Crippen LogP contribution >= 0.6 is 0 Å². The van der Waals surface area contributed by atoms with Gasteiger partial charge in [0.25, 0.3) is 0 Å². The van der Waals surface area contributed by atoms with Crippen LogP contribution in [-0.2, 0) is 14.3 Å². The van der Waals surface area contributed by atoms with E-state index in [0.29, 0.717) is 12.8 Å². The number of esters is 1. The number of rotatable bonds is 28. The Labute approximate surface area is 218 Å². The van der Waals surface area contributed by atoms with E-state index in [0.717, 1.165) is 32.1 Å². The lowest BCUT2D eigenvalue weighted by Crippen LogP contribution is -2.19. The largest absolute Gasteiger partial charge is 0.481 e. The van der Waals surface area contributed by atoms with Gasteiger partial charge in [-0.2, -0.15) is 0 Å². The molecule has 0 fully saturated rings. The molecular weight excluding hydrogens is 436 g/mol. The van der Waals surface area contributed by atoms with Gasteiger partial charge in [0.05, 0.1) is 0 Å². The second kappa shape index (κ2) is 27.5. The number of hydrogen-bond donors (Lipinski definition) is 1. The zero-order valence-corrected chi connectivity index (χ0v) is 23.6. The first-order valence-electron chi connectivity index (χ1n) is 15.5. The van der Waals surface area contributed by atoms with Gasteiger partial charge in [0.15, 0.2) is 0 Å². The monoisotopic (exact) mass is 496 g/mol. The number of hydrogen-bond acceptors (Lipinski definition) is 3. The van der Waals surface area contributed by atoms with Gasteiger partial charge in [-0.25, -0.2) is 0 Å². The first-order chi connectivity index (χ1) is 17.1. The molecule has 0 aliphatic rings. The summed E-state index contributed by atoms with van der Waals surface area (Å²) in [6.45, 7) is 4.51. The maximum atomic E-state index is 12.3. The Bertz CT molecular complexity index is 463. The predicted molar refractivity (Wildman–Crippen MR) is 149 cm³/mol. The Morgan fingerprint density at radius 1 is 0.514 bits per heavy atom. The summed E-state index contributed by atoms with van der Waals surface area (Å²) in [6.07, 6.45) is 29.6. The minimum Gasteiger partial charge on any atom is -0.481 e. The van der Waals surface area contributed by atoms with Crippen LogP contribution < -0.4 is 0 Å². The molecule has 0 amide bonds. The van der Waals surface area contributed by atoms with Crippen molar-refractivity contribution in [2.75, 3.05) is 0 Å². The van der Waals surface area contributed by atoms with Crippen molar-refractivity contribution in [3.63, 3.8) is 0 Å². The summed E-state index contributed by atoms with van der Waals surface area (Å²) in [5, 5.41) is 9.02. The molecule has 0 aromatic heterocycles.